The van der Waals surface area contributed by atoms with Crippen LogP contribution in [-0.2, 0) is 6.42 Å². The number of rotatable bonds is 6. The molecule has 2 N–H and O–H groups in total. The van der Waals surface area contributed by atoms with E-state index in [1.807, 2.05) is 91.0 Å². The number of aromatic nitrogens is 2. The molecule has 0 fully saturated rings. The first kappa shape index (κ1) is 18.4. The molecule has 2 amide bonds. The summed E-state index contributed by atoms with van der Waals surface area (Å²) in [6.07, 6.45) is 0.508. The van der Waals surface area contributed by atoms with Crippen LogP contribution in [0.1, 0.15) is 28.6 Å². The standard InChI is InChI=1S/C23H20N4O2/c28-22(25-23-27-26-20(29-23)16-17-10-4-1-5-11-17)24-21(18-12-6-2-7-13-18)19-14-8-3-9-15-19/h1-15,21H,16H2,(H2,24,25,27,28). The van der Waals surface area contributed by atoms with Crippen LogP contribution >= 0.6 is 0 Å². The third-order valence-electron chi connectivity index (χ3n) is 4.43. The minimum absolute atomic E-state index is 0.0632. The lowest BCUT2D eigenvalue weighted by Gasteiger charge is -2.19. The SMILES string of the molecule is O=C(Nc1nnc(Cc2ccccc2)o1)NC(c1ccccc1)c1ccccc1. The molecule has 3 aromatic carbocycles. The van der Waals surface area contributed by atoms with Gasteiger partial charge in [-0.25, -0.2) is 4.79 Å². The Labute approximate surface area is 168 Å². The summed E-state index contributed by atoms with van der Waals surface area (Å²) in [6.45, 7) is 0. The molecule has 6 nitrogen and oxygen atoms in total. The van der Waals surface area contributed by atoms with Gasteiger partial charge in [0.15, 0.2) is 0 Å². The summed E-state index contributed by atoms with van der Waals surface area (Å²) >= 11 is 0. The second-order valence-corrected chi connectivity index (χ2v) is 6.52. The van der Waals surface area contributed by atoms with Crippen molar-refractivity contribution in [2.75, 3.05) is 5.32 Å². The number of carbonyl (C=O) groups excluding carboxylic acids is 1. The topological polar surface area (TPSA) is 80.1 Å². The highest BCUT2D eigenvalue weighted by molar-refractivity contribution is 5.87. The molecule has 0 saturated heterocycles. The number of urea groups is 1. The molecule has 1 aromatic heterocycles. The molecule has 29 heavy (non-hydrogen) atoms. The van der Waals surface area contributed by atoms with Crippen LogP contribution in [0.5, 0.6) is 0 Å². The number of nitrogens with zero attached hydrogens (tertiary/aromatic N) is 2. The molecule has 0 atom stereocenters. The fourth-order valence-electron chi connectivity index (χ4n) is 3.06. The molecular weight excluding hydrogens is 364 g/mol. The molecule has 0 saturated carbocycles. The first-order valence-electron chi connectivity index (χ1n) is 9.31. The number of carbonyl (C=O) groups is 1. The minimum atomic E-state index is -0.419. The van der Waals surface area contributed by atoms with Crippen LogP contribution in [0.15, 0.2) is 95.4 Å². The van der Waals surface area contributed by atoms with E-state index in [4.69, 9.17) is 4.42 Å². The number of anilines is 1. The lowest BCUT2D eigenvalue weighted by molar-refractivity contribution is 0.249. The Kier molecular flexibility index (Phi) is 5.62. The van der Waals surface area contributed by atoms with Crippen molar-refractivity contribution in [3.63, 3.8) is 0 Å². The van der Waals surface area contributed by atoms with E-state index < -0.39 is 6.03 Å². The minimum Gasteiger partial charge on any atom is -0.407 e. The van der Waals surface area contributed by atoms with Gasteiger partial charge in [0, 0.05) is 0 Å². The highest BCUT2D eigenvalue weighted by atomic mass is 16.4. The number of nitrogens with one attached hydrogen (secondary N) is 2. The van der Waals surface area contributed by atoms with E-state index in [0.29, 0.717) is 12.3 Å². The lowest BCUT2D eigenvalue weighted by atomic mass is 9.99. The number of benzene rings is 3. The summed E-state index contributed by atoms with van der Waals surface area (Å²) in [7, 11) is 0. The van der Waals surface area contributed by atoms with Gasteiger partial charge in [-0.1, -0.05) is 96.1 Å². The third-order valence-corrected chi connectivity index (χ3v) is 4.43. The largest absolute Gasteiger partial charge is 0.407 e. The van der Waals surface area contributed by atoms with Gasteiger partial charge in [-0.15, -0.1) is 5.10 Å². The molecule has 0 aliphatic carbocycles. The fraction of sp³-hybridized carbons (Fsp3) is 0.0870. The van der Waals surface area contributed by atoms with E-state index in [-0.39, 0.29) is 12.1 Å². The highest BCUT2D eigenvalue weighted by Crippen LogP contribution is 2.22. The van der Waals surface area contributed by atoms with Crippen molar-refractivity contribution in [1.82, 2.24) is 15.5 Å². The maximum atomic E-state index is 12.6. The maximum absolute atomic E-state index is 12.6. The summed E-state index contributed by atoms with van der Waals surface area (Å²) in [4.78, 5) is 12.6. The van der Waals surface area contributed by atoms with Gasteiger partial charge in [-0.05, 0) is 16.7 Å². The quantitative estimate of drug-likeness (QED) is 0.510. The summed E-state index contributed by atoms with van der Waals surface area (Å²) in [5.41, 5.74) is 3.01. The molecular formula is C23H20N4O2. The van der Waals surface area contributed by atoms with Gasteiger partial charge in [0.25, 0.3) is 0 Å². The van der Waals surface area contributed by atoms with Crippen molar-refractivity contribution < 1.29 is 9.21 Å². The van der Waals surface area contributed by atoms with Crippen LogP contribution in [0.3, 0.4) is 0 Å². The molecule has 1 heterocycles. The monoisotopic (exact) mass is 384 g/mol. The van der Waals surface area contributed by atoms with Crippen molar-refractivity contribution in [3.8, 4) is 0 Å². The van der Waals surface area contributed by atoms with Crippen molar-refractivity contribution in [2.24, 2.45) is 0 Å². The molecule has 6 heteroatoms. The molecule has 144 valence electrons. The summed E-state index contributed by atoms with van der Waals surface area (Å²) in [6, 6.07) is 28.7. The Bertz CT molecular complexity index is 1010. The van der Waals surface area contributed by atoms with E-state index in [9.17, 15) is 4.79 Å². The summed E-state index contributed by atoms with van der Waals surface area (Å²) in [5.74, 6) is 0.439. The molecule has 0 unspecified atom stereocenters. The zero-order chi connectivity index (χ0) is 19.9. The zero-order valence-corrected chi connectivity index (χ0v) is 15.7. The number of amides is 2. The van der Waals surface area contributed by atoms with Gasteiger partial charge in [-0.2, -0.15) is 0 Å². The molecule has 0 bridgehead atoms. The Morgan fingerprint density at radius 1 is 0.793 bits per heavy atom. The summed E-state index contributed by atoms with van der Waals surface area (Å²) in [5, 5.41) is 13.5. The molecule has 4 aromatic rings. The molecule has 0 aliphatic rings. The average molecular weight is 384 g/mol. The molecule has 0 aliphatic heterocycles. The van der Waals surface area contributed by atoms with E-state index in [0.717, 1.165) is 16.7 Å². The van der Waals surface area contributed by atoms with Crippen LogP contribution in [0.2, 0.25) is 0 Å². The third kappa shape index (κ3) is 4.87. The van der Waals surface area contributed by atoms with Gasteiger partial charge in [0.2, 0.25) is 5.89 Å². The predicted molar refractivity (Wildman–Crippen MR) is 110 cm³/mol. The van der Waals surface area contributed by atoms with Crippen LogP contribution in [0.25, 0.3) is 0 Å². The molecule has 0 radical (unpaired) electrons. The van der Waals surface area contributed by atoms with Crippen LogP contribution in [0.4, 0.5) is 10.8 Å². The van der Waals surface area contributed by atoms with E-state index in [1.54, 1.807) is 0 Å². The van der Waals surface area contributed by atoms with Crippen molar-refractivity contribution >= 4 is 12.0 Å². The van der Waals surface area contributed by atoms with Crippen LogP contribution < -0.4 is 10.6 Å². The van der Waals surface area contributed by atoms with Crippen LogP contribution in [0, 0.1) is 0 Å². The zero-order valence-electron chi connectivity index (χ0n) is 15.7. The molecule has 0 spiro atoms. The van der Waals surface area contributed by atoms with Gasteiger partial charge in [-0.3, -0.25) is 5.32 Å². The predicted octanol–water partition coefficient (Wildman–Crippen LogP) is 4.57. The van der Waals surface area contributed by atoms with Crippen molar-refractivity contribution in [1.29, 1.82) is 0 Å². The van der Waals surface area contributed by atoms with E-state index in [2.05, 4.69) is 20.8 Å². The van der Waals surface area contributed by atoms with Crippen molar-refractivity contribution in [2.45, 2.75) is 12.5 Å². The van der Waals surface area contributed by atoms with Crippen LogP contribution in [-0.4, -0.2) is 16.2 Å². The smallest absolute Gasteiger partial charge is 0.323 e. The van der Waals surface area contributed by atoms with Gasteiger partial charge in [0.05, 0.1) is 12.5 Å². The van der Waals surface area contributed by atoms with Gasteiger partial charge < -0.3 is 9.73 Å². The second-order valence-electron chi connectivity index (χ2n) is 6.52. The van der Waals surface area contributed by atoms with Gasteiger partial charge >= 0.3 is 12.0 Å². The molecule has 4 rings (SSSR count). The Morgan fingerprint density at radius 2 is 1.34 bits per heavy atom. The maximum Gasteiger partial charge on any atom is 0.323 e. The normalized spacial score (nSPS) is 10.7. The van der Waals surface area contributed by atoms with Crippen molar-refractivity contribution in [3.05, 3.63) is 114 Å². The Morgan fingerprint density at radius 3 is 1.93 bits per heavy atom. The van der Waals surface area contributed by atoms with Gasteiger partial charge in [0.1, 0.15) is 0 Å². The first-order valence-corrected chi connectivity index (χ1v) is 9.31. The summed E-state index contributed by atoms with van der Waals surface area (Å²) < 4.78 is 5.56. The number of hydrogen-bond donors (Lipinski definition) is 2. The van der Waals surface area contributed by atoms with E-state index >= 15 is 0 Å². The van der Waals surface area contributed by atoms with E-state index in [1.165, 1.54) is 0 Å². The first-order chi connectivity index (χ1) is 14.3. The second kappa shape index (κ2) is 8.84. The highest BCUT2D eigenvalue weighted by Gasteiger charge is 2.18. The Hall–Kier alpha value is -3.93. The fourth-order valence-corrected chi connectivity index (χ4v) is 3.06. The Balaban J connectivity index is 1.45. The lowest BCUT2D eigenvalue weighted by Crippen LogP contribution is -2.33. The number of hydrogen-bond acceptors (Lipinski definition) is 4. The average Bonchev–Trinajstić information content (AvgIpc) is 3.20.